The van der Waals surface area contributed by atoms with Crippen molar-refractivity contribution in [2.24, 2.45) is 0 Å². The summed E-state index contributed by atoms with van der Waals surface area (Å²) < 4.78 is 18.4. The number of nitrogen functional groups attached to an aromatic ring is 1. The molecular weight excluding hydrogens is 251 g/mol. The van der Waals surface area contributed by atoms with E-state index in [-0.39, 0.29) is 5.82 Å². The van der Waals surface area contributed by atoms with E-state index in [0.29, 0.717) is 18.9 Å². The van der Waals surface area contributed by atoms with E-state index < -0.39 is 0 Å². The molecule has 2 rings (SSSR count). The number of hydrogen-bond acceptors (Lipinski definition) is 4. The van der Waals surface area contributed by atoms with Crippen LogP contribution in [0.3, 0.4) is 0 Å². The molecule has 1 aromatic heterocycles. The number of aryl methyl sites for hydroxylation is 1. The van der Waals surface area contributed by atoms with Crippen LogP contribution in [0.25, 0.3) is 0 Å². The zero-order valence-corrected chi connectivity index (χ0v) is 11.0. The minimum absolute atomic E-state index is 0.323. The molecule has 0 saturated heterocycles. The third-order valence-corrected chi connectivity index (χ3v) is 3.68. The van der Waals surface area contributed by atoms with Gasteiger partial charge in [0.15, 0.2) is 0 Å². The highest BCUT2D eigenvalue weighted by atomic mass is 32.1. The van der Waals surface area contributed by atoms with E-state index in [1.807, 2.05) is 12.4 Å². The molecule has 0 unspecified atom stereocenters. The number of thiazole rings is 1. The predicted molar refractivity (Wildman–Crippen MR) is 71.0 cm³/mol. The average molecular weight is 266 g/mol. The first-order chi connectivity index (χ1) is 8.66. The maximum atomic E-state index is 12.8. The predicted octanol–water partition coefficient (Wildman–Crippen LogP) is 2.93. The van der Waals surface area contributed by atoms with Gasteiger partial charge in [0.05, 0.1) is 24.4 Å². The van der Waals surface area contributed by atoms with E-state index in [0.717, 1.165) is 17.7 Å². The highest BCUT2D eigenvalue weighted by molar-refractivity contribution is 7.09. The average Bonchev–Trinajstić information content (AvgIpc) is 2.73. The summed E-state index contributed by atoms with van der Waals surface area (Å²) in [6.07, 6.45) is 0.845. The molecule has 0 fully saturated rings. The summed E-state index contributed by atoms with van der Waals surface area (Å²) in [6.45, 7) is 3.01. The highest BCUT2D eigenvalue weighted by Gasteiger charge is 2.03. The number of nitrogens with two attached hydrogens (primary N) is 1. The Kier molecular flexibility index (Phi) is 4.28. The molecule has 1 heterocycles. The van der Waals surface area contributed by atoms with E-state index >= 15 is 0 Å². The van der Waals surface area contributed by atoms with E-state index in [4.69, 9.17) is 10.5 Å². The third-order valence-electron chi connectivity index (χ3n) is 2.68. The van der Waals surface area contributed by atoms with Gasteiger partial charge in [0.1, 0.15) is 5.82 Å². The second kappa shape index (κ2) is 5.93. The highest BCUT2D eigenvalue weighted by Crippen LogP contribution is 2.16. The molecule has 0 aliphatic rings. The van der Waals surface area contributed by atoms with Gasteiger partial charge < -0.3 is 10.5 Å². The molecule has 0 spiro atoms. The molecule has 0 radical (unpaired) electrons. The maximum absolute atomic E-state index is 12.8. The Bertz CT molecular complexity index is 527. The van der Waals surface area contributed by atoms with Crippen molar-refractivity contribution >= 4 is 17.0 Å². The van der Waals surface area contributed by atoms with Crippen molar-refractivity contribution < 1.29 is 9.13 Å². The lowest BCUT2D eigenvalue weighted by atomic mass is 10.2. The van der Waals surface area contributed by atoms with Gasteiger partial charge in [-0.15, -0.1) is 11.3 Å². The van der Waals surface area contributed by atoms with Crippen molar-refractivity contribution in [3.05, 3.63) is 45.7 Å². The van der Waals surface area contributed by atoms with Crippen LogP contribution in [0, 0.1) is 12.7 Å². The van der Waals surface area contributed by atoms with Crippen molar-refractivity contribution in [2.45, 2.75) is 20.0 Å². The van der Waals surface area contributed by atoms with E-state index in [2.05, 4.69) is 4.98 Å². The molecule has 0 aliphatic carbocycles. The summed E-state index contributed by atoms with van der Waals surface area (Å²) >= 11 is 1.64. The maximum Gasteiger partial charge on any atom is 0.125 e. The molecule has 0 aliphatic heterocycles. The minimum Gasteiger partial charge on any atom is -0.398 e. The van der Waals surface area contributed by atoms with Crippen molar-refractivity contribution in [3.63, 3.8) is 0 Å². The molecule has 0 amide bonds. The molecule has 0 saturated carbocycles. The SMILES string of the molecule is Cc1ncsc1CCOCc1ccc(F)cc1N. The van der Waals surface area contributed by atoms with Crippen LogP contribution in [0.4, 0.5) is 10.1 Å². The van der Waals surface area contributed by atoms with Gasteiger partial charge >= 0.3 is 0 Å². The Labute approximate surface area is 109 Å². The zero-order valence-electron chi connectivity index (χ0n) is 10.1. The Morgan fingerprint density at radius 1 is 1.44 bits per heavy atom. The molecular formula is C13H15FN2OS. The van der Waals surface area contributed by atoms with Gasteiger partial charge in [-0.05, 0) is 19.1 Å². The van der Waals surface area contributed by atoms with Gasteiger partial charge in [-0.1, -0.05) is 6.07 Å². The number of anilines is 1. The van der Waals surface area contributed by atoms with Crippen molar-refractivity contribution in [2.75, 3.05) is 12.3 Å². The Morgan fingerprint density at radius 3 is 2.94 bits per heavy atom. The number of halogens is 1. The third kappa shape index (κ3) is 3.27. The number of rotatable bonds is 5. The molecule has 2 N–H and O–H groups in total. The Morgan fingerprint density at radius 2 is 2.28 bits per heavy atom. The number of nitrogens with zero attached hydrogens (tertiary/aromatic N) is 1. The normalized spacial score (nSPS) is 10.8. The smallest absolute Gasteiger partial charge is 0.125 e. The molecule has 2 aromatic rings. The quantitative estimate of drug-likeness (QED) is 0.668. The lowest BCUT2D eigenvalue weighted by Gasteiger charge is -2.06. The van der Waals surface area contributed by atoms with Gasteiger partial charge in [-0.25, -0.2) is 9.37 Å². The van der Waals surface area contributed by atoms with Crippen LogP contribution in [0.15, 0.2) is 23.7 Å². The lowest BCUT2D eigenvalue weighted by molar-refractivity contribution is 0.124. The van der Waals surface area contributed by atoms with Crippen LogP contribution in [-0.4, -0.2) is 11.6 Å². The Hall–Kier alpha value is -1.46. The molecule has 96 valence electrons. The van der Waals surface area contributed by atoms with Crippen LogP contribution in [0.2, 0.25) is 0 Å². The van der Waals surface area contributed by atoms with Crippen LogP contribution < -0.4 is 5.73 Å². The molecule has 0 atom stereocenters. The topological polar surface area (TPSA) is 48.1 Å². The largest absolute Gasteiger partial charge is 0.398 e. The van der Waals surface area contributed by atoms with Crippen LogP contribution in [0.5, 0.6) is 0 Å². The van der Waals surface area contributed by atoms with Crippen LogP contribution in [0.1, 0.15) is 16.1 Å². The second-order valence-corrected chi connectivity index (χ2v) is 4.95. The summed E-state index contributed by atoms with van der Waals surface area (Å²) in [6, 6.07) is 4.36. The molecule has 5 heteroatoms. The van der Waals surface area contributed by atoms with Gasteiger partial charge in [0, 0.05) is 22.5 Å². The monoisotopic (exact) mass is 266 g/mol. The van der Waals surface area contributed by atoms with Crippen LogP contribution in [-0.2, 0) is 17.8 Å². The summed E-state index contributed by atoms with van der Waals surface area (Å²) in [5, 5.41) is 0. The standard InChI is InChI=1S/C13H15FN2OS/c1-9-13(18-8-16-9)4-5-17-7-10-2-3-11(14)6-12(10)15/h2-3,6,8H,4-5,7,15H2,1H3. The number of benzene rings is 1. The zero-order chi connectivity index (χ0) is 13.0. The molecule has 3 nitrogen and oxygen atoms in total. The van der Waals surface area contributed by atoms with Crippen molar-refractivity contribution in [1.82, 2.24) is 4.98 Å². The van der Waals surface area contributed by atoms with Gasteiger partial charge in [0.2, 0.25) is 0 Å². The number of ether oxygens (including phenoxy) is 1. The summed E-state index contributed by atoms with van der Waals surface area (Å²) in [7, 11) is 0. The molecule has 18 heavy (non-hydrogen) atoms. The van der Waals surface area contributed by atoms with Gasteiger partial charge in [-0.2, -0.15) is 0 Å². The summed E-state index contributed by atoms with van der Waals surface area (Å²) in [5.41, 5.74) is 9.84. The molecule has 0 bridgehead atoms. The van der Waals surface area contributed by atoms with E-state index in [1.54, 1.807) is 17.4 Å². The summed E-state index contributed by atoms with van der Waals surface area (Å²) in [5.74, 6) is -0.323. The fraction of sp³-hybridized carbons (Fsp3) is 0.308. The first kappa shape index (κ1) is 13.0. The fourth-order valence-electron chi connectivity index (χ4n) is 1.61. The fourth-order valence-corrected chi connectivity index (χ4v) is 2.37. The second-order valence-electron chi connectivity index (χ2n) is 4.01. The van der Waals surface area contributed by atoms with E-state index in [1.165, 1.54) is 17.0 Å². The van der Waals surface area contributed by atoms with Crippen LogP contribution >= 0.6 is 11.3 Å². The number of hydrogen-bond donors (Lipinski definition) is 1. The number of aromatic nitrogens is 1. The van der Waals surface area contributed by atoms with Gasteiger partial charge in [0.25, 0.3) is 0 Å². The Balaban J connectivity index is 1.80. The van der Waals surface area contributed by atoms with Crippen molar-refractivity contribution in [1.29, 1.82) is 0 Å². The minimum atomic E-state index is -0.323. The van der Waals surface area contributed by atoms with E-state index in [9.17, 15) is 4.39 Å². The van der Waals surface area contributed by atoms with Crippen molar-refractivity contribution in [3.8, 4) is 0 Å². The first-order valence-electron chi connectivity index (χ1n) is 5.67. The van der Waals surface area contributed by atoms with Gasteiger partial charge in [-0.3, -0.25) is 0 Å². The molecule has 1 aromatic carbocycles. The summed E-state index contributed by atoms with van der Waals surface area (Å²) in [4.78, 5) is 5.42. The first-order valence-corrected chi connectivity index (χ1v) is 6.55. The lowest BCUT2D eigenvalue weighted by Crippen LogP contribution is -2.02.